The molecular formula is C22H34N6OS. The van der Waals surface area contributed by atoms with Crippen molar-refractivity contribution >= 4 is 29.5 Å². The van der Waals surface area contributed by atoms with E-state index in [1.54, 1.807) is 19.0 Å². The maximum absolute atomic E-state index is 11.8. The number of carbonyl (C=O) groups is 1. The van der Waals surface area contributed by atoms with Gasteiger partial charge in [-0.25, -0.2) is 0 Å². The highest BCUT2D eigenvalue weighted by Gasteiger charge is 2.37. The largest absolute Gasteiger partial charge is 0.352 e. The zero-order valence-corrected chi connectivity index (χ0v) is 19.1. The SMILES string of the molecule is CCC(CCN=C1NC(=NCCCC(=O)N(C)C)C2SCCC2N1)c1ccncc1. The summed E-state index contributed by atoms with van der Waals surface area (Å²) in [5, 5.41) is 7.35. The third-order valence-corrected chi connectivity index (χ3v) is 7.06. The lowest BCUT2D eigenvalue weighted by atomic mass is 9.94. The van der Waals surface area contributed by atoms with E-state index in [1.165, 1.54) is 5.56 Å². The first-order valence-corrected chi connectivity index (χ1v) is 12.0. The van der Waals surface area contributed by atoms with Crippen LogP contribution in [-0.4, -0.2) is 71.8 Å². The van der Waals surface area contributed by atoms with Crippen molar-refractivity contribution in [1.29, 1.82) is 0 Å². The van der Waals surface area contributed by atoms with Crippen LogP contribution in [-0.2, 0) is 4.79 Å². The lowest BCUT2D eigenvalue weighted by Gasteiger charge is -2.31. The van der Waals surface area contributed by atoms with Crippen molar-refractivity contribution in [2.75, 3.05) is 32.9 Å². The molecule has 8 heteroatoms. The van der Waals surface area contributed by atoms with Crippen LogP contribution in [0.2, 0.25) is 0 Å². The number of guanidine groups is 1. The Labute approximate surface area is 184 Å². The monoisotopic (exact) mass is 430 g/mol. The van der Waals surface area contributed by atoms with E-state index in [0.717, 1.165) is 49.8 Å². The Morgan fingerprint density at radius 3 is 2.83 bits per heavy atom. The number of carbonyl (C=O) groups excluding carboxylic acids is 1. The van der Waals surface area contributed by atoms with Gasteiger partial charge in [-0.3, -0.25) is 19.8 Å². The smallest absolute Gasteiger partial charge is 0.222 e. The predicted molar refractivity (Wildman–Crippen MR) is 125 cm³/mol. The van der Waals surface area contributed by atoms with Crippen LogP contribution in [0, 0.1) is 0 Å². The lowest BCUT2D eigenvalue weighted by molar-refractivity contribution is -0.128. The molecule has 2 N–H and O–H groups in total. The number of amides is 1. The number of thioether (sulfide) groups is 1. The molecule has 3 rings (SSSR count). The van der Waals surface area contributed by atoms with Gasteiger partial charge in [0.15, 0.2) is 5.96 Å². The molecule has 0 aromatic carbocycles. The van der Waals surface area contributed by atoms with Gasteiger partial charge in [0.1, 0.15) is 5.84 Å². The fourth-order valence-electron chi connectivity index (χ4n) is 3.85. The van der Waals surface area contributed by atoms with E-state index in [2.05, 4.69) is 34.7 Å². The Kier molecular flexibility index (Phi) is 8.54. The van der Waals surface area contributed by atoms with Gasteiger partial charge in [0, 0.05) is 52.0 Å². The molecule has 1 aromatic rings. The molecule has 0 spiro atoms. The highest BCUT2D eigenvalue weighted by atomic mass is 32.2. The number of nitrogens with zero attached hydrogens (tertiary/aromatic N) is 4. The first kappa shape index (κ1) is 22.6. The summed E-state index contributed by atoms with van der Waals surface area (Å²) in [4.78, 5) is 27.1. The van der Waals surface area contributed by atoms with E-state index in [-0.39, 0.29) is 5.91 Å². The van der Waals surface area contributed by atoms with E-state index in [4.69, 9.17) is 9.98 Å². The molecule has 0 bridgehead atoms. The van der Waals surface area contributed by atoms with Gasteiger partial charge in [0.2, 0.25) is 5.91 Å². The van der Waals surface area contributed by atoms with Crippen molar-refractivity contribution in [3.8, 4) is 0 Å². The van der Waals surface area contributed by atoms with Crippen LogP contribution in [0.25, 0.3) is 0 Å². The Bertz CT molecular complexity index is 751. The Hall–Kier alpha value is -2.09. The van der Waals surface area contributed by atoms with E-state index >= 15 is 0 Å². The molecule has 7 nitrogen and oxygen atoms in total. The van der Waals surface area contributed by atoms with Gasteiger partial charge in [0.25, 0.3) is 0 Å². The van der Waals surface area contributed by atoms with Gasteiger partial charge in [-0.1, -0.05) is 6.92 Å². The second-order valence-electron chi connectivity index (χ2n) is 8.02. The summed E-state index contributed by atoms with van der Waals surface area (Å²) in [6.45, 7) is 3.66. The summed E-state index contributed by atoms with van der Waals surface area (Å²) < 4.78 is 0. The van der Waals surface area contributed by atoms with E-state index in [9.17, 15) is 4.79 Å². The predicted octanol–water partition coefficient (Wildman–Crippen LogP) is 2.66. The molecule has 3 heterocycles. The number of pyridine rings is 1. The summed E-state index contributed by atoms with van der Waals surface area (Å²) in [6.07, 6.45) is 8.27. The van der Waals surface area contributed by atoms with Gasteiger partial charge in [-0.15, -0.1) is 11.8 Å². The van der Waals surface area contributed by atoms with Crippen molar-refractivity contribution in [3.05, 3.63) is 30.1 Å². The minimum absolute atomic E-state index is 0.156. The van der Waals surface area contributed by atoms with Gasteiger partial charge in [0.05, 0.1) is 5.25 Å². The Morgan fingerprint density at radius 1 is 1.30 bits per heavy atom. The average Bonchev–Trinajstić information content (AvgIpc) is 3.23. The number of rotatable bonds is 9. The number of hydrogen-bond donors (Lipinski definition) is 2. The molecule has 2 fully saturated rings. The molecule has 30 heavy (non-hydrogen) atoms. The van der Waals surface area contributed by atoms with Gasteiger partial charge < -0.3 is 15.5 Å². The van der Waals surface area contributed by atoms with E-state index in [0.29, 0.717) is 30.2 Å². The van der Waals surface area contributed by atoms with Crippen molar-refractivity contribution in [1.82, 2.24) is 20.5 Å². The van der Waals surface area contributed by atoms with Gasteiger partial charge in [-0.05, 0) is 55.1 Å². The second-order valence-corrected chi connectivity index (χ2v) is 9.27. The molecule has 2 saturated heterocycles. The van der Waals surface area contributed by atoms with Crippen molar-refractivity contribution in [2.45, 2.75) is 56.2 Å². The minimum atomic E-state index is 0.156. The zero-order chi connectivity index (χ0) is 21.3. The Morgan fingerprint density at radius 2 is 2.10 bits per heavy atom. The molecule has 1 amide bonds. The topological polar surface area (TPSA) is 82.0 Å². The van der Waals surface area contributed by atoms with Crippen molar-refractivity contribution < 1.29 is 4.79 Å². The summed E-state index contributed by atoms with van der Waals surface area (Å²) in [6, 6.07) is 4.59. The van der Waals surface area contributed by atoms with Crippen molar-refractivity contribution in [2.24, 2.45) is 9.98 Å². The van der Waals surface area contributed by atoms with Crippen LogP contribution >= 0.6 is 11.8 Å². The van der Waals surface area contributed by atoms with E-state index < -0.39 is 0 Å². The summed E-state index contributed by atoms with van der Waals surface area (Å²) in [5.41, 5.74) is 1.33. The minimum Gasteiger partial charge on any atom is -0.352 e. The normalized spacial score (nSPS) is 24.2. The van der Waals surface area contributed by atoms with Crippen molar-refractivity contribution in [3.63, 3.8) is 0 Å². The summed E-state index contributed by atoms with van der Waals surface area (Å²) >= 11 is 1.94. The second kappa shape index (κ2) is 11.3. The fraction of sp³-hybridized carbons (Fsp3) is 0.636. The van der Waals surface area contributed by atoms with Crippen LogP contribution in [0.4, 0.5) is 0 Å². The standard InChI is InChI=1S/C22H34N6OS/c1-4-16(17-7-12-23-13-8-17)9-14-25-22-26-18-10-15-30-20(18)21(27-22)24-11-5-6-19(29)28(2)3/h7-8,12-13,16,18,20H,4-6,9-11,14-15H2,1-3H3,(H2,24,25,26,27). The number of nitrogens with one attached hydrogen (secondary N) is 2. The first-order chi connectivity index (χ1) is 14.6. The summed E-state index contributed by atoms with van der Waals surface area (Å²) in [5.74, 6) is 3.64. The molecular weight excluding hydrogens is 396 g/mol. The lowest BCUT2D eigenvalue weighted by Crippen LogP contribution is -2.59. The van der Waals surface area contributed by atoms with Crippen LogP contribution in [0.15, 0.2) is 34.5 Å². The molecule has 3 unspecified atom stereocenters. The van der Waals surface area contributed by atoms with Gasteiger partial charge in [-0.2, -0.15) is 0 Å². The first-order valence-electron chi connectivity index (χ1n) is 10.9. The van der Waals surface area contributed by atoms with E-state index in [1.807, 2.05) is 24.2 Å². The maximum Gasteiger partial charge on any atom is 0.222 e. The Balaban J connectivity index is 1.56. The zero-order valence-electron chi connectivity index (χ0n) is 18.3. The molecule has 0 aliphatic carbocycles. The number of fused-ring (bicyclic) bond motifs is 1. The highest BCUT2D eigenvalue weighted by Crippen LogP contribution is 2.29. The fourth-order valence-corrected chi connectivity index (χ4v) is 5.23. The number of aromatic nitrogens is 1. The number of hydrogen-bond acceptors (Lipinski definition) is 5. The average molecular weight is 431 g/mol. The van der Waals surface area contributed by atoms with Crippen LogP contribution < -0.4 is 10.6 Å². The number of amidine groups is 1. The third kappa shape index (κ3) is 6.20. The van der Waals surface area contributed by atoms with Crippen LogP contribution in [0.1, 0.15) is 50.5 Å². The molecule has 1 aromatic heterocycles. The maximum atomic E-state index is 11.8. The third-order valence-electron chi connectivity index (χ3n) is 5.68. The van der Waals surface area contributed by atoms with Crippen LogP contribution in [0.5, 0.6) is 0 Å². The quantitative estimate of drug-likeness (QED) is 0.589. The molecule has 164 valence electrons. The van der Waals surface area contributed by atoms with Gasteiger partial charge >= 0.3 is 0 Å². The highest BCUT2D eigenvalue weighted by molar-refractivity contribution is 8.01. The molecule has 3 atom stereocenters. The molecule has 2 aliphatic rings. The van der Waals surface area contributed by atoms with Crippen LogP contribution in [0.3, 0.4) is 0 Å². The molecule has 0 radical (unpaired) electrons. The molecule has 2 aliphatic heterocycles. The summed E-state index contributed by atoms with van der Waals surface area (Å²) in [7, 11) is 3.59. The molecule has 0 saturated carbocycles. The number of aliphatic imine (C=N–C) groups is 2.